The molecule has 1 atom stereocenters. The van der Waals surface area contributed by atoms with E-state index in [1.54, 1.807) is 24.9 Å². The van der Waals surface area contributed by atoms with Crippen LogP contribution in [0, 0.1) is 0 Å². The zero-order valence-corrected chi connectivity index (χ0v) is 10.0. The summed E-state index contributed by atoms with van der Waals surface area (Å²) in [6, 6.07) is 1.07. The summed E-state index contributed by atoms with van der Waals surface area (Å²) in [4.78, 5) is 15.6. The molecule has 2 rings (SSSR count). The Bertz CT molecular complexity index is 566. The number of hydrogen-bond acceptors (Lipinski definition) is 5. The number of amides is 1. The first-order valence-electron chi connectivity index (χ1n) is 5.36. The highest BCUT2D eigenvalue weighted by Gasteiger charge is 2.15. The molecule has 0 spiro atoms. The fourth-order valence-electron chi connectivity index (χ4n) is 1.58. The van der Waals surface area contributed by atoms with Gasteiger partial charge in [-0.05, 0) is 13.0 Å². The molecular formula is C11H13N5O2. The van der Waals surface area contributed by atoms with Crippen molar-refractivity contribution in [2.75, 3.05) is 0 Å². The fourth-order valence-corrected chi connectivity index (χ4v) is 1.58. The lowest BCUT2D eigenvalue weighted by molar-refractivity contribution is 0.0937. The standard InChI is InChI=1S/C11H13N5O2/c1-7(10-15-13-6-16(10)2)14-11(18)8-3-9(17)5-12-4-8/h3-7,17H,1-2H3,(H,14,18)/t7-/m0/s1. The van der Waals surface area contributed by atoms with Gasteiger partial charge in [0.25, 0.3) is 5.91 Å². The molecule has 2 N–H and O–H groups in total. The number of nitrogens with zero attached hydrogens (tertiary/aromatic N) is 4. The third-order valence-corrected chi connectivity index (χ3v) is 2.47. The number of aromatic hydroxyl groups is 1. The summed E-state index contributed by atoms with van der Waals surface area (Å²) in [6.45, 7) is 1.80. The highest BCUT2D eigenvalue weighted by atomic mass is 16.3. The molecule has 0 aliphatic carbocycles. The molecule has 7 nitrogen and oxygen atoms in total. The molecule has 18 heavy (non-hydrogen) atoms. The van der Waals surface area contributed by atoms with Crippen molar-refractivity contribution in [1.29, 1.82) is 0 Å². The molecule has 0 saturated carbocycles. The quantitative estimate of drug-likeness (QED) is 0.819. The number of aryl methyl sites for hydroxylation is 1. The van der Waals surface area contributed by atoms with Gasteiger partial charge in [0.1, 0.15) is 12.1 Å². The SMILES string of the molecule is C[C@H](NC(=O)c1cncc(O)c1)c1nncn1C. The maximum atomic E-state index is 11.9. The van der Waals surface area contributed by atoms with E-state index in [-0.39, 0.29) is 17.7 Å². The van der Waals surface area contributed by atoms with E-state index < -0.39 is 0 Å². The monoisotopic (exact) mass is 247 g/mol. The molecule has 2 aromatic heterocycles. The van der Waals surface area contributed by atoms with E-state index in [0.29, 0.717) is 11.4 Å². The molecule has 0 radical (unpaired) electrons. The number of carbonyl (C=O) groups is 1. The molecule has 2 heterocycles. The number of pyridine rings is 1. The van der Waals surface area contributed by atoms with Gasteiger partial charge in [-0.15, -0.1) is 10.2 Å². The Morgan fingerprint density at radius 1 is 1.50 bits per heavy atom. The Balaban J connectivity index is 2.10. The second-order valence-corrected chi connectivity index (χ2v) is 3.93. The Labute approximate surface area is 104 Å². The Morgan fingerprint density at radius 3 is 2.89 bits per heavy atom. The molecule has 0 fully saturated rings. The van der Waals surface area contributed by atoms with Gasteiger partial charge < -0.3 is 15.0 Å². The van der Waals surface area contributed by atoms with Crippen LogP contribution in [0.1, 0.15) is 29.1 Å². The van der Waals surface area contributed by atoms with Crippen LogP contribution < -0.4 is 5.32 Å². The van der Waals surface area contributed by atoms with Gasteiger partial charge in [-0.2, -0.15) is 0 Å². The number of aromatic nitrogens is 4. The van der Waals surface area contributed by atoms with Crippen molar-refractivity contribution in [2.45, 2.75) is 13.0 Å². The van der Waals surface area contributed by atoms with E-state index in [1.807, 2.05) is 0 Å². The molecule has 0 aliphatic heterocycles. The molecule has 0 aromatic carbocycles. The third-order valence-electron chi connectivity index (χ3n) is 2.47. The maximum Gasteiger partial charge on any atom is 0.253 e. The zero-order chi connectivity index (χ0) is 13.1. The highest BCUT2D eigenvalue weighted by molar-refractivity contribution is 5.94. The first kappa shape index (κ1) is 12.0. The second-order valence-electron chi connectivity index (χ2n) is 3.93. The molecule has 0 unspecified atom stereocenters. The minimum absolute atomic E-state index is 0.0473. The van der Waals surface area contributed by atoms with Crippen molar-refractivity contribution in [2.24, 2.45) is 7.05 Å². The topological polar surface area (TPSA) is 92.9 Å². The van der Waals surface area contributed by atoms with Crippen LogP contribution in [-0.4, -0.2) is 30.8 Å². The smallest absolute Gasteiger partial charge is 0.253 e. The summed E-state index contributed by atoms with van der Waals surface area (Å²) < 4.78 is 1.73. The molecule has 2 aromatic rings. The summed E-state index contributed by atoms with van der Waals surface area (Å²) in [6.07, 6.45) is 4.22. The van der Waals surface area contributed by atoms with Crippen molar-refractivity contribution in [3.8, 4) is 5.75 Å². The van der Waals surface area contributed by atoms with Gasteiger partial charge in [-0.3, -0.25) is 9.78 Å². The van der Waals surface area contributed by atoms with E-state index >= 15 is 0 Å². The van der Waals surface area contributed by atoms with Crippen molar-refractivity contribution >= 4 is 5.91 Å². The molecule has 94 valence electrons. The normalized spacial score (nSPS) is 12.1. The van der Waals surface area contributed by atoms with Crippen LogP contribution in [0.2, 0.25) is 0 Å². The largest absolute Gasteiger partial charge is 0.506 e. The summed E-state index contributed by atoms with van der Waals surface area (Å²) in [5.41, 5.74) is 0.295. The predicted molar refractivity (Wildman–Crippen MR) is 62.8 cm³/mol. The van der Waals surface area contributed by atoms with Crippen LogP contribution in [0.4, 0.5) is 0 Å². The van der Waals surface area contributed by atoms with E-state index in [1.165, 1.54) is 18.5 Å². The predicted octanol–water partition coefficient (Wildman–Crippen LogP) is 0.407. The lowest BCUT2D eigenvalue weighted by Crippen LogP contribution is -2.28. The molecule has 1 amide bonds. The average Bonchev–Trinajstić information content (AvgIpc) is 2.75. The van der Waals surface area contributed by atoms with E-state index in [9.17, 15) is 9.90 Å². The minimum Gasteiger partial charge on any atom is -0.506 e. The van der Waals surface area contributed by atoms with Gasteiger partial charge >= 0.3 is 0 Å². The summed E-state index contributed by atoms with van der Waals surface area (Å²) in [7, 11) is 1.80. The van der Waals surface area contributed by atoms with E-state index in [0.717, 1.165) is 0 Å². The van der Waals surface area contributed by atoms with Crippen LogP contribution in [0.25, 0.3) is 0 Å². The third kappa shape index (κ3) is 2.45. The van der Waals surface area contributed by atoms with Crippen LogP contribution in [0.5, 0.6) is 5.75 Å². The number of hydrogen-bond donors (Lipinski definition) is 2. The maximum absolute atomic E-state index is 11.9. The van der Waals surface area contributed by atoms with E-state index in [4.69, 9.17) is 0 Å². The minimum atomic E-state index is -0.325. The zero-order valence-electron chi connectivity index (χ0n) is 10.0. The summed E-state index contributed by atoms with van der Waals surface area (Å²) >= 11 is 0. The lowest BCUT2D eigenvalue weighted by atomic mass is 10.2. The van der Waals surface area contributed by atoms with Crippen LogP contribution in [0.15, 0.2) is 24.8 Å². The molecule has 0 bridgehead atoms. The van der Waals surface area contributed by atoms with Gasteiger partial charge in [0.05, 0.1) is 17.8 Å². The van der Waals surface area contributed by atoms with Crippen LogP contribution in [0.3, 0.4) is 0 Å². The van der Waals surface area contributed by atoms with Gasteiger partial charge in [0, 0.05) is 13.2 Å². The van der Waals surface area contributed by atoms with Crippen molar-refractivity contribution in [3.63, 3.8) is 0 Å². The summed E-state index contributed by atoms with van der Waals surface area (Å²) in [5.74, 6) is 0.277. The number of rotatable bonds is 3. The number of carbonyl (C=O) groups excluding carboxylic acids is 1. The molecular weight excluding hydrogens is 234 g/mol. The van der Waals surface area contributed by atoms with Gasteiger partial charge in [-0.25, -0.2) is 0 Å². The first-order valence-corrected chi connectivity index (χ1v) is 5.36. The van der Waals surface area contributed by atoms with Gasteiger partial charge in [-0.1, -0.05) is 0 Å². The Kier molecular flexibility index (Phi) is 3.22. The highest BCUT2D eigenvalue weighted by Crippen LogP contribution is 2.11. The van der Waals surface area contributed by atoms with Crippen molar-refractivity contribution < 1.29 is 9.90 Å². The van der Waals surface area contributed by atoms with Gasteiger partial charge in [0.2, 0.25) is 0 Å². The summed E-state index contributed by atoms with van der Waals surface area (Å²) in [5, 5.41) is 19.7. The van der Waals surface area contributed by atoms with E-state index in [2.05, 4.69) is 20.5 Å². The van der Waals surface area contributed by atoms with Crippen molar-refractivity contribution in [1.82, 2.24) is 25.1 Å². The fraction of sp³-hybridized carbons (Fsp3) is 0.273. The molecule has 0 saturated heterocycles. The average molecular weight is 247 g/mol. The van der Waals surface area contributed by atoms with Crippen molar-refractivity contribution in [3.05, 3.63) is 36.2 Å². The van der Waals surface area contributed by atoms with Crippen LogP contribution in [-0.2, 0) is 7.05 Å². The lowest BCUT2D eigenvalue weighted by Gasteiger charge is -2.12. The second kappa shape index (κ2) is 4.82. The van der Waals surface area contributed by atoms with Gasteiger partial charge in [0.15, 0.2) is 5.82 Å². The molecule has 0 aliphatic rings. The van der Waals surface area contributed by atoms with Crippen LogP contribution >= 0.6 is 0 Å². The Hall–Kier alpha value is -2.44. The number of nitrogens with one attached hydrogen (secondary N) is 1. The Morgan fingerprint density at radius 2 is 2.28 bits per heavy atom. The first-order chi connectivity index (χ1) is 8.58. The molecule has 7 heteroatoms.